The second kappa shape index (κ2) is 8.20. The molecule has 9 heteroatoms. The Bertz CT molecular complexity index is 964. The molecule has 1 amide bonds. The van der Waals surface area contributed by atoms with Crippen LogP contribution < -0.4 is 5.32 Å². The Morgan fingerprint density at radius 3 is 2.37 bits per heavy atom. The van der Waals surface area contributed by atoms with Gasteiger partial charge in [-0.1, -0.05) is 6.07 Å². The lowest BCUT2D eigenvalue weighted by atomic mass is 10.2. The summed E-state index contributed by atoms with van der Waals surface area (Å²) in [6.45, 7) is 5.00. The Balaban J connectivity index is 2.15. The van der Waals surface area contributed by atoms with E-state index in [4.69, 9.17) is 4.74 Å². The van der Waals surface area contributed by atoms with Crippen molar-refractivity contribution in [2.75, 3.05) is 19.4 Å². The standard InChI is InChI=1S/C18H22N2O5S2/c1-11-6-7-14(27(23,24)20(4)5)10-15(11)19-17(21)13(3)25-18(22)16-12(2)8-9-26-16/h6-10,13H,1-5H3,(H,19,21)/t13-/m0/s1. The number of hydrogen-bond acceptors (Lipinski definition) is 6. The maximum absolute atomic E-state index is 12.4. The Kier molecular flexibility index (Phi) is 6.40. The molecule has 1 aromatic carbocycles. The molecule has 0 saturated carbocycles. The zero-order valence-corrected chi connectivity index (χ0v) is 17.4. The Hall–Kier alpha value is -2.23. The summed E-state index contributed by atoms with van der Waals surface area (Å²) in [7, 11) is -0.763. The van der Waals surface area contributed by atoms with Gasteiger partial charge in [0.2, 0.25) is 10.0 Å². The Labute approximate surface area is 163 Å². The summed E-state index contributed by atoms with van der Waals surface area (Å²) >= 11 is 1.25. The number of nitrogens with zero attached hydrogens (tertiary/aromatic N) is 1. The Morgan fingerprint density at radius 1 is 1.15 bits per heavy atom. The molecule has 1 N–H and O–H groups in total. The molecule has 0 fully saturated rings. The summed E-state index contributed by atoms with van der Waals surface area (Å²) in [6, 6.07) is 6.27. The van der Waals surface area contributed by atoms with Crippen molar-refractivity contribution >= 4 is 38.9 Å². The zero-order valence-electron chi connectivity index (χ0n) is 15.8. The van der Waals surface area contributed by atoms with Gasteiger partial charge in [-0.25, -0.2) is 17.5 Å². The van der Waals surface area contributed by atoms with Gasteiger partial charge < -0.3 is 10.1 Å². The van der Waals surface area contributed by atoms with Gasteiger partial charge in [0, 0.05) is 19.8 Å². The van der Waals surface area contributed by atoms with Crippen molar-refractivity contribution in [1.29, 1.82) is 0 Å². The van der Waals surface area contributed by atoms with Gasteiger partial charge in [0.05, 0.1) is 4.90 Å². The quantitative estimate of drug-likeness (QED) is 0.739. The Morgan fingerprint density at radius 2 is 1.81 bits per heavy atom. The third kappa shape index (κ3) is 4.74. The molecule has 1 atom stereocenters. The molecule has 7 nitrogen and oxygen atoms in total. The molecule has 0 aliphatic heterocycles. The summed E-state index contributed by atoms with van der Waals surface area (Å²) in [6.07, 6.45) is -1.03. The fourth-order valence-electron chi connectivity index (χ4n) is 2.19. The molecule has 0 aliphatic carbocycles. The van der Waals surface area contributed by atoms with Crippen LogP contribution in [-0.4, -0.2) is 44.8 Å². The predicted molar refractivity (Wildman–Crippen MR) is 105 cm³/mol. The lowest BCUT2D eigenvalue weighted by molar-refractivity contribution is -0.123. The third-order valence-corrected chi connectivity index (χ3v) is 6.75. The number of carbonyl (C=O) groups excluding carboxylic acids is 2. The molecule has 0 radical (unpaired) electrons. The van der Waals surface area contributed by atoms with E-state index >= 15 is 0 Å². The van der Waals surface area contributed by atoms with E-state index in [1.807, 2.05) is 0 Å². The van der Waals surface area contributed by atoms with Crippen molar-refractivity contribution in [1.82, 2.24) is 4.31 Å². The molecule has 2 rings (SSSR count). The monoisotopic (exact) mass is 410 g/mol. The number of thiophene rings is 1. The second-order valence-electron chi connectivity index (χ2n) is 6.23. The van der Waals surface area contributed by atoms with E-state index < -0.39 is 28.0 Å². The van der Waals surface area contributed by atoms with Gasteiger partial charge in [-0.05, 0) is 55.5 Å². The van der Waals surface area contributed by atoms with E-state index in [0.717, 1.165) is 9.87 Å². The predicted octanol–water partition coefficient (Wildman–Crippen LogP) is 2.80. The van der Waals surface area contributed by atoms with E-state index in [9.17, 15) is 18.0 Å². The number of anilines is 1. The average molecular weight is 411 g/mol. The number of carbonyl (C=O) groups is 2. The molecular formula is C18H22N2O5S2. The molecule has 146 valence electrons. The molecule has 0 saturated heterocycles. The highest BCUT2D eigenvalue weighted by atomic mass is 32.2. The van der Waals surface area contributed by atoms with Crippen molar-refractivity contribution < 1.29 is 22.7 Å². The third-order valence-electron chi connectivity index (χ3n) is 3.95. The normalized spacial score (nSPS) is 12.7. The zero-order chi connectivity index (χ0) is 20.4. The molecule has 2 aromatic rings. The lowest BCUT2D eigenvalue weighted by Gasteiger charge is -2.16. The van der Waals surface area contributed by atoms with Gasteiger partial charge in [0.1, 0.15) is 4.88 Å². The summed E-state index contributed by atoms with van der Waals surface area (Å²) in [5.41, 5.74) is 1.82. The first-order valence-corrected chi connectivity index (χ1v) is 10.4. The second-order valence-corrected chi connectivity index (χ2v) is 9.30. The molecular weight excluding hydrogens is 388 g/mol. The largest absolute Gasteiger partial charge is 0.448 e. The van der Waals surface area contributed by atoms with Crippen molar-refractivity contribution in [3.05, 3.63) is 45.6 Å². The SMILES string of the molecule is Cc1ccc(S(=O)(=O)N(C)C)cc1NC(=O)[C@H](C)OC(=O)c1sccc1C. The minimum Gasteiger partial charge on any atom is -0.448 e. The van der Waals surface area contributed by atoms with E-state index in [-0.39, 0.29) is 4.90 Å². The van der Waals surface area contributed by atoms with Crippen LogP contribution in [0.5, 0.6) is 0 Å². The van der Waals surface area contributed by atoms with Gasteiger partial charge in [0.25, 0.3) is 5.91 Å². The first-order valence-electron chi connectivity index (χ1n) is 8.13. The number of aryl methyl sites for hydroxylation is 2. The van der Waals surface area contributed by atoms with Crippen molar-refractivity contribution in [3.8, 4) is 0 Å². The molecule has 0 spiro atoms. The maximum Gasteiger partial charge on any atom is 0.349 e. The smallest absolute Gasteiger partial charge is 0.349 e. The van der Waals surface area contributed by atoms with E-state index in [1.165, 1.54) is 44.5 Å². The van der Waals surface area contributed by atoms with Crippen LogP contribution in [0.25, 0.3) is 0 Å². The first kappa shape index (κ1) is 21.1. The summed E-state index contributed by atoms with van der Waals surface area (Å²) in [4.78, 5) is 25.1. The molecule has 27 heavy (non-hydrogen) atoms. The topological polar surface area (TPSA) is 92.8 Å². The molecule has 1 aromatic heterocycles. The minimum atomic E-state index is -3.63. The van der Waals surface area contributed by atoms with Crippen LogP contribution in [0.15, 0.2) is 34.5 Å². The highest BCUT2D eigenvalue weighted by Gasteiger charge is 2.23. The average Bonchev–Trinajstić information content (AvgIpc) is 3.02. The van der Waals surface area contributed by atoms with Crippen LogP contribution in [0, 0.1) is 13.8 Å². The number of rotatable bonds is 6. The van der Waals surface area contributed by atoms with Gasteiger partial charge in [-0.2, -0.15) is 0 Å². The highest BCUT2D eigenvalue weighted by Crippen LogP contribution is 2.23. The van der Waals surface area contributed by atoms with E-state index in [2.05, 4.69) is 5.32 Å². The number of amides is 1. The van der Waals surface area contributed by atoms with Crippen molar-refractivity contribution in [2.45, 2.75) is 31.8 Å². The van der Waals surface area contributed by atoms with Crippen LogP contribution in [0.4, 0.5) is 5.69 Å². The molecule has 1 heterocycles. The van der Waals surface area contributed by atoms with Crippen LogP contribution in [0.3, 0.4) is 0 Å². The van der Waals surface area contributed by atoms with Gasteiger partial charge >= 0.3 is 5.97 Å². The van der Waals surface area contributed by atoms with Crippen LogP contribution in [0.1, 0.15) is 27.7 Å². The lowest BCUT2D eigenvalue weighted by Crippen LogP contribution is -2.30. The fourth-order valence-corrected chi connectivity index (χ4v) is 3.93. The molecule has 0 bridgehead atoms. The minimum absolute atomic E-state index is 0.0623. The fraction of sp³-hybridized carbons (Fsp3) is 0.333. The van der Waals surface area contributed by atoms with E-state index in [1.54, 1.807) is 31.4 Å². The molecule has 0 unspecified atom stereocenters. The number of benzene rings is 1. The van der Waals surface area contributed by atoms with Gasteiger partial charge in [-0.3, -0.25) is 4.79 Å². The van der Waals surface area contributed by atoms with Crippen LogP contribution in [0.2, 0.25) is 0 Å². The van der Waals surface area contributed by atoms with Gasteiger partial charge in [-0.15, -0.1) is 11.3 Å². The highest BCUT2D eigenvalue weighted by molar-refractivity contribution is 7.89. The van der Waals surface area contributed by atoms with Gasteiger partial charge in [0.15, 0.2) is 6.10 Å². The first-order chi connectivity index (χ1) is 12.5. The van der Waals surface area contributed by atoms with E-state index in [0.29, 0.717) is 16.1 Å². The number of hydrogen-bond donors (Lipinski definition) is 1. The summed E-state index contributed by atoms with van der Waals surface area (Å²) in [5.74, 6) is -1.11. The number of esters is 1. The summed E-state index contributed by atoms with van der Waals surface area (Å²) in [5, 5.41) is 4.41. The van der Waals surface area contributed by atoms with Crippen LogP contribution >= 0.6 is 11.3 Å². The van der Waals surface area contributed by atoms with Crippen LogP contribution in [-0.2, 0) is 19.6 Å². The number of ether oxygens (including phenoxy) is 1. The van der Waals surface area contributed by atoms with Crippen molar-refractivity contribution in [3.63, 3.8) is 0 Å². The number of sulfonamides is 1. The van der Waals surface area contributed by atoms with Crippen molar-refractivity contribution in [2.24, 2.45) is 0 Å². The maximum atomic E-state index is 12.4. The number of nitrogens with one attached hydrogen (secondary N) is 1. The molecule has 0 aliphatic rings. The summed E-state index contributed by atoms with van der Waals surface area (Å²) < 4.78 is 30.9.